The van der Waals surface area contributed by atoms with Crippen LogP contribution in [0, 0.1) is 0 Å². The molecule has 4 rings (SSSR count). The molecule has 2 saturated heterocycles. The SMILES string of the molecule is Cn1nccc1C(=O)N1CC[C@H](Oc2cc(N3CCCC3)ncn2)C1. The maximum atomic E-state index is 12.5. The lowest BCUT2D eigenvalue weighted by Gasteiger charge is -2.19. The fraction of sp³-hybridized carbons (Fsp3) is 0.529. The first-order valence-electron chi connectivity index (χ1n) is 8.71. The van der Waals surface area contributed by atoms with Crippen LogP contribution >= 0.6 is 0 Å². The summed E-state index contributed by atoms with van der Waals surface area (Å²) < 4.78 is 7.61. The quantitative estimate of drug-likeness (QED) is 0.828. The van der Waals surface area contributed by atoms with Crippen molar-refractivity contribution >= 4 is 11.7 Å². The average molecular weight is 342 g/mol. The zero-order chi connectivity index (χ0) is 17.2. The molecule has 0 saturated carbocycles. The van der Waals surface area contributed by atoms with E-state index in [1.165, 1.54) is 12.8 Å². The minimum atomic E-state index is -0.0431. The van der Waals surface area contributed by atoms with Gasteiger partial charge in [0.2, 0.25) is 5.88 Å². The summed E-state index contributed by atoms with van der Waals surface area (Å²) in [6.45, 7) is 3.31. The number of anilines is 1. The Morgan fingerprint density at radius 1 is 1.24 bits per heavy atom. The van der Waals surface area contributed by atoms with Crippen LogP contribution in [0.4, 0.5) is 5.82 Å². The number of hydrogen-bond donors (Lipinski definition) is 0. The Morgan fingerprint density at radius 2 is 2.08 bits per heavy atom. The van der Waals surface area contributed by atoms with Crippen molar-refractivity contribution in [1.82, 2.24) is 24.6 Å². The number of carbonyl (C=O) groups excluding carboxylic acids is 1. The summed E-state index contributed by atoms with van der Waals surface area (Å²) in [4.78, 5) is 25.2. The van der Waals surface area contributed by atoms with Gasteiger partial charge < -0.3 is 14.5 Å². The number of hydrogen-bond acceptors (Lipinski definition) is 6. The fourth-order valence-electron chi connectivity index (χ4n) is 3.44. The number of likely N-dealkylation sites (tertiary alicyclic amines) is 1. The number of aryl methyl sites for hydroxylation is 1. The van der Waals surface area contributed by atoms with Gasteiger partial charge in [-0.25, -0.2) is 9.97 Å². The molecule has 25 heavy (non-hydrogen) atoms. The van der Waals surface area contributed by atoms with Crippen LogP contribution in [0.3, 0.4) is 0 Å². The Bertz CT molecular complexity index is 755. The topological polar surface area (TPSA) is 76.4 Å². The van der Waals surface area contributed by atoms with E-state index in [4.69, 9.17) is 4.74 Å². The summed E-state index contributed by atoms with van der Waals surface area (Å²) in [6.07, 6.45) is 6.35. The molecule has 0 radical (unpaired) electrons. The molecule has 8 nitrogen and oxygen atoms in total. The van der Waals surface area contributed by atoms with Crippen molar-refractivity contribution in [3.8, 4) is 5.88 Å². The van der Waals surface area contributed by atoms with Gasteiger partial charge in [-0.1, -0.05) is 0 Å². The van der Waals surface area contributed by atoms with E-state index in [-0.39, 0.29) is 12.0 Å². The van der Waals surface area contributed by atoms with E-state index in [1.807, 2.05) is 11.0 Å². The molecular formula is C17H22N6O2. The minimum Gasteiger partial charge on any atom is -0.472 e. The molecule has 0 N–H and O–H groups in total. The minimum absolute atomic E-state index is 0.00783. The maximum Gasteiger partial charge on any atom is 0.272 e. The molecule has 0 bridgehead atoms. The van der Waals surface area contributed by atoms with Gasteiger partial charge >= 0.3 is 0 Å². The lowest BCUT2D eigenvalue weighted by atomic mass is 10.3. The fourth-order valence-corrected chi connectivity index (χ4v) is 3.44. The summed E-state index contributed by atoms with van der Waals surface area (Å²) in [7, 11) is 1.78. The predicted octanol–water partition coefficient (Wildman–Crippen LogP) is 1.10. The summed E-state index contributed by atoms with van der Waals surface area (Å²) in [5.74, 6) is 1.49. The van der Waals surface area contributed by atoms with Crippen molar-refractivity contribution < 1.29 is 9.53 Å². The molecule has 8 heteroatoms. The molecule has 2 aliphatic heterocycles. The summed E-state index contributed by atoms with van der Waals surface area (Å²) in [5, 5.41) is 4.06. The first-order valence-corrected chi connectivity index (χ1v) is 8.71. The third-order valence-corrected chi connectivity index (χ3v) is 4.82. The number of rotatable bonds is 4. The van der Waals surface area contributed by atoms with Crippen molar-refractivity contribution in [1.29, 1.82) is 0 Å². The molecule has 2 fully saturated rings. The monoisotopic (exact) mass is 342 g/mol. The van der Waals surface area contributed by atoms with Gasteiger partial charge in [0.1, 0.15) is 23.9 Å². The van der Waals surface area contributed by atoms with E-state index >= 15 is 0 Å². The lowest BCUT2D eigenvalue weighted by molar-refractivity contribution is 0.0760. The molecule has 1 atom stereocenters. The maximum absolute atomic E-state index is 12.5. The smallest absolute Gasteiger partial charge is 0.272 e. The van der Waals surface area contributed by atoms with E-state index in [0.717, 1.165) is 25.3 Å². The zero-order valence-corrected chi connectivity index (χ0v) is 14.3. The molecular weight excluding hydrogens is 320 g/mol. The van der Waals surface area contributed by atoms with Crippen molar-refractivity contribution in [2.75, 3.05) is 31.1 Å². The van der Waals surface area contributed by atoms with E-state index in [1.54, 1.807) is 30.3 Å². The second kappa shape index (κ2) is 6.70. The number of amides is 1. The molecule has 2 aliphatic rings. The number of ether oxygens (including phenoxy) is 1. The molecule has 0 aromatic carbocycles. The van der Waals surface area contributed by atoms with Crippen molar-refractivity contribution in [2.45, 2.75) is 25.4 Å². The molecule has 0 aliphatic carbocycles. The van der Waals surface area contributed by atoms with Gasteiger partial charge in [-0.2, -0.15) is 5.10 Å². The molecule has 132 valence electrons. The van der Waals surface area contributed by atoms with E-state index in [0.29, 0.717) is 24.7 Å². The summed E-state index contributed by atoms with van der Waals surface area (Å²) >= 11 is 0. The predicted molar refractivity (Wildman–Crippen MR) is 91.6 cm³/mol. The third kappa shape index (κ3) is 3.29. The Hall–Kier alpha value is -2.64. The molecule has 2 aromatic rings. The van der Waals surface area contributed by atoms with Crippen LogP contribution in [0.2, 0.25) is 0 Å². The second-order valence-corrected chi connectivity index (χ2v) is 6.53. The number of nitrogens with zero attached hydrogens (tertiary/aromatic N) is 6. The molecule has 1 amide bonds. The molecule has 0 unspecified atom stereocenters. The Labute approximate surface area is 146 Å². The van der Waals surface area contributed by atoms with Crippen molar-refractivity contribution in [2.24, 2.45) is 7.05 Å². The Kier molecular flexibility index (Phi) is 4.25. The van der Waals surface area contributed by atoms with Crippen LogP contribution in [0.15, 0.2) is 24.7 Å². The van der Waals surface area contributed by atoms with Crippen LogP contribution < -0.4 is 9.64 Å². The van der Waals surface area contributed by atoms with E-state index in [2.05, 4.69) is 20.0 Å². The van der Waals surface area contributed by atoms with Gasteiger partial charge in [-0.3, -0.25) is 9.48 Å². The number of carbonyl (C=O) groups is 1. The van der Waals surface area contributed by atoms with Crippen LogP contribution in [0.1, 0.15) is 29.8 Å². The highest BCUT2D eigenvalue weighted by atomic mass is 16.5. The van der Waals surface area contributed by atoms with Gasteiger partial charge in [-0.15, -0.1) is 0 Å². The van der Waals surface area contributed by atoms with Crippen LogP contribution in [-0.2, 0) is 7.05 Å². The second-order valence-electron chi connectivity index (χ2n) is 6.53. The van der Waals surface area contributed by atoms with Crippen LogP contribution in [-0.4, -0.2) is 62.8 Å². The van der Waals surface area contributed by atoms with Gasteiger partial charge in [0.25, 0.3) is 5.91 Å². The number of aromatic nitrogens is 4. The first-order chi connectivity index (χ1) is 12.2. The third-order valence-electron chi connectivity index (χ3n) is 4.82. The normalized spacial score (nSPS) is 20.3. The van der Waals surface area contributed by atoms with E-state index in [9.17, 15) is 4.79 Å². The Balaban J connectivity index is 1.39. The van der Waals surface area contributed by atoms with Gasteiger partial charge in [0.05, 0.1) is 6.54 Å². The molecule has 4 heterocycles. The van der Waals surface area contributed by atoms with Gasteiger partial charge in [0, 0.05) is 45.4 Å². The van der Waals surface area contributed by atoms with Gasteiger partial charge in [-0.05, 0) is 18.9 Å². The first kappa shape index (κ1) is 15.9. The highest BCUT2D eigenvalue weighted by Crippen LogP contribution is 2.23. The van der Waals surface area contributed by atoms with Crippen LogP contribution in [0.5, 0.6) is 5.88 Å². The largest absolute Gasteiger partial charge is 0.472 e. The van der Waals surface area contributed by atoms with Crippen molar-refractivity contribution in [3.05, 3.63) is 30.4 Å². The summed E-state index contributed by atoms with van der Waals surface area (Å²) in [5.41, 5.74) is 0.596. The highest BCUT2D eigenvalue weighted by Gasteiger charge is 2.30. The van der Waals surface area contributed by atoms with E-state index < -0.39 is 0 Å². The molecule has 0 spiro atoms. The lowest BCUT2D eigenvalue weighted by Crippen LogP contribution is -2.32. The van der Waals surface area contributed by atoms with Crippen LogP contribution in [0.25, 0.3) is 0 Å². The zero-order valence-electron chi connectivity index (χ0n) is 14.3. The standard InChI is InChI=1S/C17H22N6O2/c1-21-14(4-6-20-21)17(24)23-9-5-13(11-23)25-16-10-15(18-12-19-16)22-7-2-3-8-22/h4,6,10,12-13H,2-3,5,7-9,11H2,1H3/t13-/m0/s1. The van der Waals surface area contributed by atoms with Crippen molar-refractivity contribution in [3.63, 3.8) is 0 Å². The summed E-state index contributed by atoms with van der Waals surface area (Å²) in [6, 6.07) is 3.64. The van der Waals surface area contributed by atoms with Gasteiger partial charge in [0.15, 0.2) is 0 Å². The highest BCUT2D eigenvalue weighted by molar-refractivity contribution is 5.92. The average Bonchev–Trinajstić information content (AvgIpc) is 3.36. The molecule has 2 aromatic heterocycles. The Morgan fingerprint density at radius 3 is 2.84 bits per heavy atom.